The first-order valence-electron chi connectivity index (χ1n) is 5.40. The Hall–Kier alpha value is -1.22. The predicted molar refractivity (Wildman–Crippen MR) is 73.2 cm³/mol. The van der Waals surface area contributed by atoms with Crippen LogP contribution >= 0.6 is 11.8 Å². The number of nitrogens with zero attached hydrogens (tertiary/aromatic N) is 1. The molecular formula is C13H16N2S. The first-order valence-corrected chi connectivity index (χ1v) is 6.80. The molecule has 0 fully saturated rings. The molecule has 1 aromatic carbocycles. The van der Waals surface area contributed by atoms with Crippen LogP contribution < -0.4 is 5.32 Å². The van der Waals surface area contributed by atoms with Gasteiger partial charge in [-0.2, -0.15) is 11.8 Å². The normalized spacial score (nSPS) is 12.6. The number of hydrogen-bond donors (Lipinski definition) is 1. The monoisotopic (exact) mass is 232 g/mol. The van der Waals surface area contributed by atoms with Gasteiger partial charge in [0.05, 0.1) is 5.52 Å². The Morgan fingerprint density at radius 2 is 2.12 bits per heavy atom. The molecule has 1 aromatic heterocycles. The van der Waals surface area contributed by atoms with Crippen molar-refractivity contribution >= 4 is 28.4 Å². The van der Waals surface area contributed by atoms with E-state index in [0.717, 1.165) is 11.3 Å². The average molecular weight is 232 g/mol. The van der Waals surface area contributed by atoms with Crippen LogP contribution in [0.3, 0.4) is 0 Å². The predicted octanol–water partition coefficient (Wildman–Crippen LogP) is 3.40. The minimum atomic E-state index is 0.473. The second-order valence-corrected chi connectivity index (χ2v) is 4.79. The molecule has 0 aliphatic carbocycles. The van der Waals surface area contributed by atoms with Gasteiger partial charge < -0.3 is 5.32 Å². The van der Waals surface area contributed by atoms with E-state index < -0.39 is 0 Å². The van der Waals surface area contributed by atoms with E-state index in [-0.39, 0.29) is 0 Å². The number of pyridine rings is 1. The van der Waals surface area contributed by atoms with E-state index in [2.05, 4.69) is 35.6 Å². The summed E-state index contributed by atoms with van der Waals surface area (Å²) in [5.41, 5.74) is 2.22. The topological polar surface area (TPSA) is 24.9 Å². The van der Waals surface area contributed by atoms with Gasteiger partial charge >= 0.3 is 0 Å². The molecule has 0 aliphatic heterocycles. The van der Waals surface area contributed by atoms with E-state index in [1.165, 1.54) is 11.1 Å². The molecule has 0 saturated carbocycles. The SMILES string of the molecule is CSCC(C)Nc1ccnc2ccccc12. The highest BCUT2D eigenvalue weighted by atomic mass is 32.2. The minimum Gasteiger partial charge on any atom is -0.381 e. The van der Waals surface area contributed by atoms with Crippen LogP contribution in [0, 0.1) is 0 Å². The molecule has 0 aliphatic rings. The smallest absolute Gasteiger partial charge is 0.0722 e. The van der Waals surface area contributed by atoms with Crippen molar-refractivity contribution in [1.82, 2.24) is 4.98 Å². The lowest BCUT2D eigenvalue weighted by Gasteiger charge is -2.15. The molecule has 3 heteroatoms. The van der Waals surface area contributed by atoms with Gasteiger partial charge in [0.2, 0.25) is 0 Å². The fraction of sp³-hybridized carbons (Fsp3) is 0.308. The molecule has 1 N–H and O–H groups in total. The Kier molecular flexibility index (Phi) is 3.67. The number of aromatic nitrogens is 1. The van der Waals surface area contributed by atoms with E-state index in [1.54, 1.807) is 0 Å². The lowest BCUT2D eigenvalue weighted by Crippen LogP contribution is -2.17. The van der Waals surface area contributed by atoms with Crippen LogP contribution in [-0.2, 0) is 0 Å². The zero-order chi connectivity index (χ0) is 11.4. The van der Waals surface area contributed by atoms with Crippen LogP contribution in [0.25, 0.3) is 10.9 Å². The molecule has 0 amide bonds. The van der Waals surface area contributed by atoms with Crippen molar-refractivity contribution in [2.24, 2.45) is 0 Å². The summed E-state index contributed by atoms with van der Waals surface area (Å²) in [5, 5.41) is 4.72. The molecule has 1 heterocycles. The van der Waals surface area contributed by atoms with E-state index in [1.807, 2.05) is 36.2 Å². The number of thioether (sulfide) groups is 1. The summed E-state index contributed by atoms with van der Waals surface area (Å²) < 4.78 is 0. The van der Waals surface area contributed by atoms with Crippen LogP contribution in [0.15, 0.2) is 36.5 Å². The largest absolute Gasteiger partial charge is 0.381 e. The van der Waals surface area contributed by atoms with Gasteiger partial charge in [-0.15, -0.1) is 0 Å². The Bertz CT molecular complexity index is 465. The van der Waals surface area contributed by atoms with Gasteiger partial charge in [-0.05, 0) is 25.3 Å². The number of hydrogen-bond acceptors (Lipinski definition) is 3. The first-order chi connectivity index (χ1) is 7.81. The molecule has 0 bridgehead atoms. The molecule has 1 unspecified atom stereocenters. The van der Waals surface area contributed by atoms with E-state index >= 15 is 0 Å². The quantitative estimate of drug-likeness (QED) is 0.874. The lowest BCUT2D eigenvalue weighted by atomic mass is 10.2. The highest BCUT2D eigenvalue weighted by Gasteiger charge is 2.04. The standard InChI is InChI=1S/C13H16N2S/c1-10(9-16-2)15-13-7-8-14-12-6-4-3-5-11(12)13/h3-8,10H,9H2,1-2H3,(H,14,15). The summed E-state index contributed by atoms with van der Waals surface area (Å²) in [4.78, 5) is 4.35. The van der Waals surface area contributed by atoms with Gasteiger partial charge in [0, 0.05) is 29.1 Å². The van der Waals surface area contributed by atoms with E-state index in [0.29, 0.717) is 6.04 Å². The lowest BCUT2D eigenvalue weighted by molar-refractivity contribution is 0.916. The molecule has 0 spiro atoms. The maximum atomic E-state index is 4.35. The highest BCUT2D eigenvalue weighted by molar-refractivity contribution is 7.98. The molecule has 2 nitrogen and oxygen atoms in total. The number of benzene rings is 1. The summed E-state index contributed by atoms with van der Waals surface area (Å²) in [6.07, 6.45) is 3.99. The number of anilines is 1. The summed E-state index contributed by atoms with van der Waals surface area (Å²) >= 11 is 1.86. The van der Waals surface area contributed by atoms with E-state index in [4.69, 9.17) is 0 Å². The molecule has 2 rings (SSSR count). The molecule has 2 aromatic rings. The number of para-hydroxylation sites is 1. The molecule has 0 radical (unpaired) electrons. The average Bonchev–Trinajstić information content (AvgIpc) is 2.30. The van der Waals surface area contributed by atoms with Crippen molar-refractivity contribution in [2.75, 3.05) is 17.3 Å². The fourth-order valence-corrected chi connectivity index (χ4v) is 2.36. The molecule has 1 atom stereocenters. The Labute approximate surface area is 100 Å². The minimum absolute atomic E-state index is 0.473. The zero-order valence-electron chi connectivity index (χ0n) is 9.60. The zero-order valence-corrected chi connectivity index (χ0v) is 10.4. The van der Waals surface area contributed by atoms with E-state index in [9.17, 15) is 0 Å². The first kappa shape index (κ1) is 11.3. The third kappa shape index (κ3) is 2.47. The summed E-state index contributed by atoms with van der Waals surface area (Å²) in [7, 11) is 0. The van der Waals surface area contributed by atoms with Gasteiger partial charge in [-0.3, -0.25) is 4.98 Å². The van der Waals surface area contributed by atoms with Crippen LogP contribution in [0.1, 0.15) is 6.92 Å². The van der Waals surface area contributed by atoms with Crippen molar-refractivity contribution in [3.8, 4) is 0 Å². The van der Waals surface area contributed by atoms with Crippen molar-refractivity contribution in [2.45, 2.75) is 13.0 Å². The van der Waals surface area contributed by atoms with Gasteiger partial charge in [-0.25, -0.2) is 0 Å². The van der Waals surface area contributed by atoms with Gasteiger partial charge in [0.25, 0.3) is 0 Å². The Morgan fingerprint density at radius 3 is 2.94 bits per heavy atom. The van der Waals surface area contributed by atoms with Gasteiger partial charge in [0.1, 0.15) is 0 Å². The number of nitrogens with one attached hydrogen (secondary N) is 1. The Balaban J connectivity index is 2.30. The molecule has 16 heavy (non-hydrogen) atoms. The van der Waals surface area contributed by atoms with Crippen molar-refractivity contribution < 1.29 is 0 Å². The van der Waals surface area contributed by atoms with Crippen molar-refractivity contribution in [3.05, 3.63) is 36.5 Å². The second kappa shape index (κ2) is 5.21. The van der Waals surface area contributed by atoms with Crippen LogP contribution in [0.2, 0.25) is 0 Å². The Morgan fingerprint density at radius 1 is 1.31 bits per heavy atom. The second-order valence-electron chi connectivity index (χ2n) is 3.88. The van der Waals surface area contributed by atoms with Crippen LogP contribution in [0.4, 0.5) is 5.69 Å². The third-order valence-electron chi connectivity index (χ3n) is 2.47. The fourth-order valence-electron chi connectivity index (χ4n) is 1.78. The van der Waals surface area contributed by atoms with Gasteiger partial charge in [0.15, 0.2) is 0 Å². The van der Waals surface area contributed by atoms with Crippen LogP contribution in [0.5, 0.6) is 0 Å². The molecule has 0 saturated heterocycles. The van der Waals surface area contributed by atoms with Crippen molar-refractivity contribution in [3.63, 3.8) is 0 Å². The number of fused-ring (bicyclic) bond motifs is 1. The number of rotatable bonds is 4. The molecule has 84 valence electrons. The molecular weight excluding hydrogens is 216 g/mol. The summed E-state index contributed by atoms with van der Waals surface area (Å²) in [6.45, 7) is 2.20. The van der Waals surface area contributed by atoms with Crippen LogP contribution in [-0.4, -0.2) is 23.0 Å². The summed E-state index contributed by atoms with van der Waals surface area (Å²) in [5.74, 6) is 1.11. The highest BCUT2D eigenvalue weighted by Crippen LogP contribution is 2.21. The maximum Gasteiger partial charge on any atom is 0.0722 e. The van der Waals surface area contributed by atoms with Gasteiger partial charge in [-0.1, -0.05) is 18.2 Å². The van der Waals surface area contributed by atoms with Crippen molar-refractivity contribution in [1.29, 1.82) is 0 Å². The summed E-state index contributed by atoms with van der Waals surface area (Å²) in [6, 6.07) is 10.7. The maximum absolute atomic E-state index is 4.35. The third-order valence-corrected chi connectivity index (χ3v) is 3.30.